The van der Waals surface area contributed by atoms with E-state index in [0.29, 0.717) is 57.1 Å². The number of nitrogens with one attached hydrogen (secondary N) is 4. The molecule has 0 atom stereocenters. The van der Waals surface area contributed by atoms with E-state index >= 15 is 0 Å². The van der Waals surface area contributed by atoms with Gasteiger partial charge in [-0.2, -0.15) is 0 Å². The Balaban J connectivity index is 0.000000169. The predicted octanol–water partition coefficient (Wildman–Crippen LogP) is 6.55. The molecule has 0 saturated heterocycles. The number of carbonyl (C=O) groups excluding carboxylic acids is 4. The van der Waals surface area contributed by atoms with Crippen LogP contribution in [-0.4, -0.2) is 58.9 Å². The largest absolute Gasteiger partial charge is 0.355 e. The fourth-order valence-electron chi connectivity index (χ4n) is 6.73. The van der Waals surface area contributed by atoms with Crippen LogP contribution >= 0.6 is 0 Å². The van der Waals surface area contributed by atoms with Crippen LogP contribution in [0.1, 0.15) is 84.7 Å². The van der Waals surface area contributed by atoms with Crippen molar-refractivity contribution in [1.82, 2.24) is 30.4 Å². The van der Waals surface area contributed by atoms with E-state index in [-0.39, 0.29) is 35.7 Å². The van der Waals surface area contributed by atoms with Crippen molar-refractivity contribution in [1.29, 1.82) is 0 Å². The van der Waals surface area contributed by atoms with Crippen molar-refractivity contribution in [2.45, 2.75) is 57.3 Å². The summed E-state index contributed by atoms with van der Waals surface area (Å²) in [6.45, 7) is 0.954. The van der Waals surface area contributed by atoms with Crippen molar-refractivity contribution >= 4 is 45.4 Å². The number of hydrogen-bond donors (Lipinski definition) is 4. The molecular weight excluding hydrogens is 703 g/mol. The Morgan fingerprint density at radius 1 is 0.564 bits per heavy atom. The third-order valence-electron chi connectivity index (χ3n) is 10.1. The topological polar surface area (TPSA) is 126 Å². The van der Waals surface area contributed by atoms with Gasteiger partial charge in [-0.05, 0) is 91.8 Å². The van der Waals surface area contributed by atoms with E-state index in [2.05, 4.69) is 21.3 Å². The van der Waals surface area contributed by atoms with Gasteiger partial charge in [-0.15, -0.1) is 0 Å². The standard InChI is InChI=1S/C22H22FN3O2.C21H20FN3O2/c1-24-21(27)15-10-8-14(9-11-15)12-26-13-17(22(28)25-16-4-2-5-16)20-18(23)6-3-7-19(20)26;1-23-20(26)14-7-5-13(6-8-14)11-25-12-16(21(27)24-15-9-10-15)19-17(22)3-2-4-18(19)25/h3,6-11,13,16H,2,4-5,12H2,1H3,(H,24,27)(H,25,28);2-8,12,15H,9-11H2,1H3,(H,23,26)(H,24,27). The fourth-order valence-corrected chi connectivity index (χ4v) is 6.73. The highest BCUT2D eigenvalue weighted by atomic mass is 19.1. The lowest BCUT2D eigenvalue weighted by molar-refractivity contribution is 0.0914. The third-order valence-corrected chi connectivity index (χ3v) is 10.1. The maximum atomic E-state index is 14.5. The number of amides is 4. The van der Waals surface area contributed by atoms with Crippen molar-refractivity contribution < 1.29 is 28.0 Å². The molecule has 0 unspecified atom stereocenters. The lowest BCUT2D eigenvalue weighted by Gasteiger charge is -2.26. The van der Waals surface area contributed by atoms with Crippen LogP contribution in [0.15, 0.2) is 97.3 Å². The molecule has 0 radical (unpaired) electrons. The van der Waals surface area contributed by atoms with Crippen LogP contribution in [0, 0.1) is 11.6 Å². The number of rotatable bonds is 10. The van der Waals surface area contributed by atoms with Gasteiger partial charge in [0.2, 0.25) is 0 Å². The second kappa shape index (κ2) is 16.0. The van der Waals surface area contributed by atoms with Gasteiger partial charge in [0.25, 0.3) is 23.6 Å². The maximum absolute atomic E-state index is 14.5. The highest BCUT2D eigenvalue weighted by Gasteiger charge is 2.27. The zero-order valence-electron chi connectivity index (χ0n) is 30.6. The summed E-state index contributed by atoms with van der Waals surface area (Å²) in [7, 11) is 3.18. The van der Waals surface area contributed by atoms with E-state index < -0.39 is 11.6 Å². The molecule has 8 rings (SSSR count). The lowest BCUT2D eigenvalue weighted by Crippen LogP contribution is -2.39. The van der Waals surface area contributed by atoms with Gasteiger partial charge in [0.15, 0.2) is 0 Å². The minimum atomic E-state index is -0.401. The first-order valence-corrected chi connectivity index (χ1v) is 18.4. The predicted molar refractivity (Wildman–Crippen MR) is 207 cm³/mol. The molecule has 2 aliphatic carbocycles. The Hall–Kier alpha value is -6.30. The highest BCUT2D eigenvalue weighted by molar-refractivity contribution is 6.08. The first-order valence-electron chi connectivity index (χ1n) is 18.4. The molecule has 2 aromatic heterocycles. The summed E-state index contributed by atoms with van der Waals surface area (Å²) in [5.74, 6) is -1.55. The Morgan fingerprint density at radius 3 is 1.31 bits per heavy atom. The molecule has 12 heteroatoms. The summed E-state index contributed by atoms with van der Waals surface area (Å²) in [5, 5.41) is 11.8. The zero-order valence-corrected chi connectivity index (χ0v) is 30.6. The molecule has 2 fully saturated rings. The smallest absolute Gasteiger partial charge is 0.253 e. The van der Waals surface area contributed by atoms with E-state index in [0.717, 1.165) is 43.2 Å². The van der Waals surface area contributed by atoms with Gasteiger partial charge in [-0.25, -0.2) is 8.78 Å². The first kappa shape index (κ1) is 37.0. The summed E-state index contributed by atoms with van der Waals surface area (Å²) in [5.41, 5.74) is 5.14. The normalized spacial score (nSPS) is 13.7. The van der Waals surface area contributed by atoms with Gasteiger partial charge < -0.3 is 30.4 Å². The summed E-state index contributed by atoms with van der Waals surface area (Å²) in [6, 6.07) is 24.5. The summed E-state index contributed by atoms with van der Waals surface area (Å²) in [6.07, 6.45) is 8.45. The molecule has 4 N–H and O–H groups in total. The average Bonchev–Trinajstić information content (AvgIpc) is 3.81. The molecule has 2 heterocycles. The van der Waals surface area contributed by atoms with Gasteiger partial charge in [-0.1, -0.05) is 36.4 Å². The molecule has 0 bridgehead atoms. The van der Waals surface area contributed by atoms with E-state index in [1.807, 2.05) is 45.5 Å². The Kier molecular flexibility index (Phi) is 10.8. The van der Waals surface area contributed by atoms with Gasteiger partial charge in [0, 0.05) is 73.6 Å². The summed E-state index contributed by atoms with van der Waals surface area (Å²) in [4.78, 5) is 48.6. The molecule has 2 saturated carbocycles. The van der Waals surface area contributed by atoms with E-state index in [1.165, 1.54) is 12.1 Å². The number of benzene rings is 4. The number of aromatic nitrogens is 2. The lowest BCUT2D eigenvalue weighted by atomic mass is 9.93. The fraction of sp³-hybridized carbons (Fsp3) is 0.256. The minimum Gasteiger partial charge on any atom is -0.355 e. The Morgan fingerprint density at radius 2 is 0.964 bits per heavy atom. The highest BCUT2D eigenvalue weighted by Crippen LogP contribution is 2.29. The van der Waals surface area contributed by atoms with Crippen molar-refractivity contribution in [2.75, 3.05) is 14.1 Å². The van der Waals surface area contributed by atoms with Crippen molar-refractivity contribution in [2.24, 2.45) is 0 Å². The van der Waals surface area contributed by atoms with Crippen molar-refractivity contribution in [3.63, 3.8) is 0 Å². The SMILES string of the molecule is CNC(=O)c1ccc(Cn2cc(C(=O)NC3CC3)c3c(F)cccc32)cc1.CNC(=O)c1ccc(Cn2cc(C(=O)NC3CCC3)c3c(F)cccc32)cc1. The second-order valence-electron chi connectivity index (χ2n) is 14.0. The van der Waals surface area contributed by atoms with E-state index in [4.69, 9.17) is 0 Å². The molecule has 4 aromatic carbocycles. The maximum Gasteiger partial charge on any atom is 0.253 e. The van der Waals surface area contributed by atoms with Crippen LogP contribution in [0.25, 0.3) is 21.8 Å². The minimum absolute atomic E-state index is 0.144. The van der Waals surface area contributed by atoms with Crippen LogP contribution in [0.3, 0.4) is 0 Å². The van der Waals surface area contributed by atoms with Crippen molar-refractivity contribution in [3.8, 4) is 0 Å². The quantitative estimate of drug-likeness (QED) is 0.127. The number of hydrogen-bond acceptors (Lipinski definition) is 4. The molecule has 2 aliphatic rings. The van der Waals surface area contributed by atoms with Crippen LogP contribution < -0.4 is 21.3 Å². The van der Waals surface area contributed by atoms with Crippen LogP contribution in [0.2, 0.25) is 0 Å². The van der Waals surface area contributed by atoms with Gasteiger partial charge in [0.1, 0.15) is 11.6 Å². The molecule has 0 aliphatic heterocycles. The number of carbonyl (C=O) groups is 4. The molecule has 6 aromatic rings. The van der Waals surface area contributed by atoms with Gasteiger partial charge >= 0.3 is 0 Å². The van der Waals surface area contributed by atoms with Gasteiger partial charge in [-0.3, -0.25) is 19.2 Å². The van der Waals surface area contributed by atoms with Crippen LogP contribution in [0.5, 0.6) is 0 Å². The van der Waals surface area contributed by atoms with E-state index in [1.54, 1.807) is 62.9 Å². The van der Waals surface area contributed by atoms with E-state index in [9.17, 15) is 28.0 Å². The molecule has 0 spiro atoms. The molecule has 10 nitrogen and oxygen atoms in total. The first-order chi connectivity index (χ1) is 26.6. The number of halogens is 2. The Bertz CT molecular complexity index is 2390. The summed E-state index contributed by atoms with van der Waals surface area (Å²) < 4.78 is 32.7. The monoisotopic (exact) mass is 744 g/mol. The zero-order chi connectivity index (χ0) is 38.6. The average molecular weight is 745 g/mol. The van der Waals surface area contributed by atoms with Gasteiger partial charge in [0.05, 0.1) is 22.2 Å². The molecule has 282 valence electrons. The Labute approximate surface area is 316 Å². The second-order valence-corrected chi connectivity index (χ2v) is 14.0. The number of fused-ring (bicyclic) bond motifs is 2. The molecule has 4 amide bonds. The third kappa shape index (κ3) is 8.13. The summed E-state index contributed by atoms with van der Waals surface area (Å²) >= 11 is 0. The molecule has 55 heavy (non-hydrogen) atoms. The van der Waals surface area contributed by atoms with Crippen LogP contribution in [-0.2, 0) is 13.1 Å². The molecular formula is C43H42F2N6O4. The van der Waals surface area contributed by atoms with Crippen molar-refractivity contribution in [3.05, 3.63) is 142 Å². The van der Waals surface area contributed by atoms with Crippen LogP contribution in [0.4, 0.5) is 8.78 Å². The number of nitrogens with zero attached hydrogens (tertiary/aromatic N) is 2.